The van der Waals surface area contributed by atoms with Crippen molar-refractivity contribution in [3.8, 4) is 5.88 Å². The van der Waals surface area contributed by atoms with Crippen molar-refractivity contribution in [2.75, 3.05) is 44.2 Å². The fraction of sp³-hybridized carbons (Fsp3) is 0.353. The Balaban J connectivity index is 1.53. The number of hydrogen-bond donors (Lipinski definition) is 1. The third-order valence-electron chi connectivity index (χ3n) is 3.87. The van der Waals surface area contributed by atoms with Gasteiger partial charge in [-0.15, -0.1) is 0 Å². The fourth-order valence-electron chi connectivity index (χ4n) is 2.46. The number of rotatable bonds is 7. The summed E-state index contributed by atoms with van der Waals surface area (Å²) in [6.07, 6.45) is 1.38. The number of morpholine rings is 1. The van der Waals surface area contributed by atoms with Gasteiger partial charge in [-0.25, -0.2) is 17.8 Å². The van der Waals surface area contributed by atoms with E-state index in [2.05, 4.69) is 14.6 Å². The summed E-state index contributed by atoms with van der Waals surface area (Å²) in [6, 6.07) is 7.76. The second-order valence-electron chi connectivity index (χ2n) is 5.75. The second kappa shape index (κ2) is 8.43. The quantitative estimate of drug-likeness (QED) is 0.787. The van der Waals surface area contributed by atoms with Crippen molar-refractivity contribution in [3.63, 3.8) is 0 Å². The van der Waals surface area contributed by atoms with Crippen molar-refractivity contribution in [2.45, 2.75) is 4.90 Å². The van der Waals surface area contributed by atoms with Gasteiger partial charge in [0.25, 0.3) is 10.0 Å². The number of benzene rings is 1. The van der Waals surface area contributed by atoms with Crippen molar-refractivity contribution in [2.24, 2.45) is 0 Å². The molecule has 26 heavy (non-hydrogen) atoms. The van der Waals surface area contributed by atoms with Gasteiger partial charge >= 0.3 is 0 Å². The maximum atomic E-state index is 12.9. The normalized spacial score (nSPS) is 15.6. The third-order valence-corrected chi connectivity index (χ3v) is 5.27. The highest BCUT2D eigenvalue weighted by molar-refractivity contribution is 7.92. The Bertz CT molecular complexity index is 807. The average Bonchev–Trinajstić information content (AvgIpc) is 2.64. The Labute approximate surface area is 151 Å². The summed E-state index contributed by atoms with van der Waals surface area (Å²) in [6.45, 7) is 4.53. The summed E-state index contributed by atoms with van der Waals surface area (Å²) in [5, 5.41) is 0. The van der Waals surface area contributed by atoms with Crippen LogP contribution >= 0.6 is 0 Å². The summed E-state index contributed by atoms with van der Waals surface area (Å²) in [7, 11) is -3.79. The zero-order valence-electron chi connectivity index (χ0n) is 14.1. The zero-order chi connectivity index (χ0) is 18.4. The first-order valence-corrected chi connectivity index (χ1v) is 9.69. The maximum Gasteiger partial charge on any atom is 0.261 e. The standard InChI is InChI=1S/C17H20FN3O4S/c18-14-1-4-16(5-2-14)26(22,23)20-15-3-6-17(19-13-15)25-12-9-21-7-10-24-11-8-21/h1-6,13,20H,7-12H2. The monoisotopic (exact) mass is 381 g/mol. The van der Waals surface area contributed by atoms with Crippen LogP contribution in [0.25, 0.3) is 0 Å². The van der Waals surface area contributed by atoms with E-state index < -0.39 is 15.8 Å². The van der Waals surface area contributed by atoms with Gasteiger partial charge in [-0.2, -0.15) is 0 Å². The molecule has 2 heterocycles. The molecule has 2 aromatic rings. The molecule has 0 atom stereocenters. The summed E-state index contributed by atoms with van der Waals surface area (Å²) in [5.41, 5.74) is 0.301. The van der Waals surface area contributed by atoms with E-state index in [1.54, 1.807) is 12.1 Å². The van der Waals surface area contributed by atoms with Crippen molar-refractivity contribution >= 4 is 15.7 Å². The Morgan fingerprint density at radius 1 is 1.15 bits per heavy atom. The number of anilines is 1. The van der Waals surface area contributed by atoms with Crippen molar-refractivity contribution in [1.29, 1.82) is 0 Å². The van der Waals surface area contributed by atoms with Crippen LogP contribution < -0.4 is 9.46 Å². The van der Waals surface area contributed by atoms with Gasteiger partial charge in [-0.3, -0.25) is 9.62 Å². The van der Waals surface area contributed by atoms with Crippen molar-refractivity contribution < 1.29 is 22.3 Å². The van der Waals surface area contributed by atoms with E-state index in [1.165, 1.54) is 18.3 Å². The number of sulfonamides is 1. The topological polar surface area (TPSA) is 80.8 Å². The summed E-state index contributed by atoms with van der Waals surface area (Å²) < 4.78 is 50.7. The Morgan fingerprint density at radius 2 is 1.88 bits per heavy atom. The van der Waals surface area contributed by atoms with Crippen LogP contribution in [-0.2, 0) is 14.8 Å². The highest BCUT2D eigenvalue weighted by Crippen LogP contribution is 2.17. The molecule has 7 nitrogen and oxygen atoms in total. The maximum absolute atomic E-state index is 12.9. The molecule has 1 aliphatic heterocycles. The molecular formula is C17H20FN3O4S. The van der Waals surface area contributed by atoms with Gasteiger partial charge in [0.15, 0.2) is 0 Å². The number of hydrogen-bond acceptors (Lipinski definition) is 6. The zero-order valence-corrected chi connectivity index (χ0v) is 14.9. The SMILES string of the molecule is O=S(=O)(Nc1ccc(OCCN2CCOCC2)nc1)c1ccc(F)cc1. The number of pyridine rings is 1. The highest BCUT2D eigenvalue weighted by Gasteiger charge is 2.14. The predicted octanol–water partition coefficient (Wildman–Crippen LogP) is 1.73. The molecule has 1 aromatic carbocycles. The average molecular weight is 381 g/mol. The first-order chi connectivity index (χ1) is 12.5. The van der Waals surface area contributed by atoms with Gasteiger partial charge in [0.05, 0.1) is 30.0 Å². The van der Waals surface area contributed by atoms with Gasteiger partial charge in [-0.05, 0) is 30.3 Å². The van der Waals surface area contributed by atoms with E-state index in [4.69, 9.17) is 9.47 Å². The molecule has 0 unspecified atom stereocenters. The van der Waals surface area contributed by atoms with Crippen LogP contribution in [0.3, 0.4) is 0 Å². The lowest BCUT2D eigenvalue weighted by atomic mass is 10.4. The highest BCUT2D eigenvalue weighted by atomic mass is 32.2. The van der Waals surface area contributed by atoms with E-state index in [9.17, 15) is 12.8 Å². The molecule has 0 bridgehead atoms. The van der Waals surface area contributed by atoms with E-state index in [1.807, 2.05) is 0 Å². The molecular weight excluding hydrogens is 361 g/mol. The molecule has 0 aliphatic carbocycles. The van der Waals surface area contributed by atoms with Crippen LogP contribution in [0, 0.1) is 5.82 Å². The summed E-state index contributed by atoms with van der Waals surface area (Å²) in [5.74, 6) is -0.0767. The van der Waals surface area contributed by atoms with E-state index in [0.29, 0.717) is 18.2 Å². The lowest BCUT2D eigenvalue weighted by molar-refractivity contribution is 0.0320. The summed E-state index contributed by atoms with van der Waals surface area (Å²) >= 11 is 0. The molecule has 1 fully saturated rings. The minimum Gasteiger partial charge on any atom is -0.476 e. The Hall–Kier alpha value is -2.23. The van der Waals surface area contributed by atoms with Crippen LogP contribution in [0.2, 0.25) is 0 Å². The molecule has 0 saturated carbocycles. The minimum atomic E-state index is -3.79. The number of nitrogens with one attached hydrogen (secondary N) is 1. The predicted molar refractivity (Wildman–Crippen MR) is 94.2 cm³/mol. The fourth-order valence-corrected chi connectivity index (χ4v) is 3.50. The van der Waals surface area contributed by atoms with Gasteiger partial charge < -0.3 is 9.47 Å². The van der Waals surface area contributed by atoms with Gasteiger partial charge in [-0.1, -0.05) is 0 Å². The molecule has 0 amide bonds. The van der Waals surface area contributed by atoms with Crippen LogP contribution in [0.15, 0.2) is 47.5 Å². The lowest BCUT2D eigenvalue weighted by Gasteiger charge is -2.26. The van der Waals surface area contributed by atoms with E-state index in [-0.39, 0.29) is 4.90 Å². The Kier molecular flexibility index (Phi) is 6.02. The van der Waals surface area contributed by atoms with Crippen molar-refractivity contribution in [1.82, 2.24) is 9.88 Å². The van der Waals surface area contributed by atoms with Crippen LogP contribution in [0.1, 0.15) is 0 Å². The first kappa shape index (κ1) is 18.6. The summed E-state index contributed by atoms with van der Waals surface area (Å²) in [4.78, 5) is 6.32. The third kappa shape index (κ3) is 5.13. The lowest BCUT2D eigenvalue weighted by Crippen LogP contribution is -2.38. The first-order valence-electron chi connectivity index (χ1n) is 8.20. The smallest absolute Gasteiger partial charge is 0.261 e. The van der Waals surface area contributed by atoms with E-state index in [0.717, 1.165) is 45.0 Å². The molecule has 1 saturated heterocycles. The molecule has 1 aliphatic rings. The van der Waals surface area contributed by atoms with Gasteiger partial charge in [0.2, 0.25) is 5.88 Å². The second-order valence-corrected chi connectivity index (χ2v) is 7.43. The minimum absolute atomic E-state index is 0.0234. The Morgan fingerprint density at radius 3 is 2.54 bits per heavy atom. The molecule has 0 radical (unpaired) electrons. The molecule has 1 aromatic heterocycles. The number of nitrogens with zero attached hydrogens (tertiary/aromatic N) is 2. The van der Waals surface area contributed by atoms with Crippen molar-refractivity contribution in [3.05, 3.63) is 48.4 Å². The van der Waals surface area contributed by atoms with Gasteiger partial charge in [0, 0.05) is 25.7 Å². The number of aromatic nitrogens is 1. The molecule has 0 spiro atoms. The van der Waals surface area contributed by atoms with Crippen LogP contribution in [0.4, 0.5) is 10.1 Å². The molecule has 9 heteroatoms. The number of halogens is 1. The van der Waals surface area contributed by atoms with Crippen LogP contribution in [0.5, 0.6) is 5.88 Å². The van der Waals surface area contributed by atoms with Crippen LogP contribution in [-0.4, -0.2) is 57.8 Å². The van der Waals surface area contributed by atoms with E-state index >= 15 is 0 Å². The molecule has 140 valence electrons. The largest absolute Gasteiger partial charge is 0.476 e. The molecule has 3 rings (SSSR count). The molecule has 1 N–H and O–H groups in total. The van der Waals surface area contributed by atoms with Gasteiger partial charge in [0.1, 0.15) is 12.4 Å². The number of ether oxygens (including phenoxy) is 2.